The van der Waals surface area contributed by atoms with Crippen molar-refractivity contribution in [2.45, 2.75) is 43.6 Å². The Kier molecular flexibility index (Phi) is 7.06. The van der Waals surface area contributed by atoms with Gasteiger partial charge in [0.1, 0.15) is 35.9 Å². The fraction of sp³-hybridized carbons (Fsp3) is 0.478. The highest BCUT2D eigenvalue weighted by Crippen LogP contribution is 2.36. The molecule has 8 nitrogen and oxygen atoms in total. The van der Waals surface area contributed by atoms with E-state index in [4.69, 9.17) is 33.2 Å². The minimum atomic E-state index is -1.01. The molecule has 2 aromatic rings. The molecule has 0 saturated carbocycles. The quantitative estimate of drug-likeness (QED) is 0.714. The molecule has 2 aromatic carbocycles. The van der Waals surface area contributed by atoms with Crippen molar-refractivity contribution in [3.8, 4) is 11.5 Å². The van der Waals surface area contributed by atoms with Crippen molar-refractivity contribution < 1.29 is 38.3 Å². The molecule has 168 valence electrons. The highest BCUT2D eigenvalue weighted by molar-refractivity contribution is 5.28. The number of aliphatic hydroxyl groups excluding tert-OH is 1. The van der Waals surface area contributed by atoms with Crippen molar-refractivity contribution >= 4 is 0 Å². The first kappa shape index (κ1) is 22.0. The molecule has 2 saturated heterocycles. The van der Waals surface area contributed by atoms with E-state index in [-0.39, 0.29) is 6.61 Å². The van der Waals surface area contributed by atoms with Crippen LogP contribution in [0.3, 0.4) is 0 Å². The van der Waals surface area contributed by atoms with Crippen LogP contribution < -0.4 is 9.47 Å². The van der Waals surface area contributed by atoms with Crippen LogP contribution in [0.5, 0.6) is 11.5 Å². The van der Waals surface area contributed by atoms with Gasteiger partial charge in [-0.1, -0.05) is 24.3 Å². The lowest BCUT2D eigenvalue weighted by atomic mass is 9.97. The summed E-state index contributed by atoms with van der Waals surface area (Å²) in [4.78, 5) is 0. The third-order valence-corrected chi connectivity index (χ3v) is 5.53. The van der Waals surface area contributed by atoms with Crippen LogP contribution in [0.1, 0.15) is 17.4 Å². The van der Waals surface area contributed by atoms with Gasteiger partial charge in [0.2, 0.25) is 0 Å². The Morgan fingerprint density at radius 1 is 0.903 bits per heavy atom. The molecular formula is C23H28O8. The summed E-state index contributed by atoms with van der Waals surface area (Å²) >= 11 is 0. The Bertz CT molecular complexity index is 824. The van der Waals surface area contributed by atoms with Crippen molar-refractivity contribution in [2.75, 3.05) is 27.9 Å². The maximum absolute atomic E-state index is 10.8. The number of hydrogen-bond donors (Lipinski definition) is 1. The number of rotatable bonds is 7. The summed E-state index contributed by atoms with van der Waals surface area (Å²) < 4.78 is 39.8. The molecule has 1 unspecified atom stereocenters. The van der Waals surface area contributed by atoms with Gasteiger partial charge in [0.15, 0.2) is 12.6 Å². The standard InChI is InChI=1S/C23H28O8/c1-25-16-8-4-14(5-9-16)12-28-21-19(24)23(27-3)30-18-13-29-22(31-20(18)21)15-6-10-17(26-2)11-7-15/h4-11,18-24H,12-13H2,1-3H3/t18-,19-,20-,21-,22?,23+/m1/s1. The molecule has 6 atom stereocenters. The average molecular weight is 432 g/mol. The Morgan fingerprint density at radius 3 is 2.16 bits per heavy atom. The van der Waals surface area contributed by atoms with Gasteiger partial charge < -0.3 is 38.3 Å². The van der Waals surface area contributed by atoms with E-state index < -0.39 is 37.0 Å². The first-order chi connectivity index (χ1) is 15.1. The molecule has 31 heavy (non-hydrogen) atoms. The maximum Gasteiger partial charge on any atom is 0.186 e. The number of fused-ring (bicyclic) bond motifs is 1. The summed E-state index contributed by atoms with van der Waals surface area (Å²) in [5, 5.41) is 10.8. The summed E-state index contributed by atoms with van der Waals surface area (Å²) in [6.07, 6.45) is -4.06. The Balaban J connectivity index is 1.49. The van der Waals surface area contributed by atoms with Crippen LogP contribution in [0.4, 0.5) is 0 Å². The monoisotopic (exact) mass is 432 g/mol. The largest absolute Gasteiger partial charge is 0.497 e. The van der Waals surface area contributed by atoms with Gasteiger partial charge in [-0.3, -0.25) is 0 Å². The fourth-order valence-electron chi connectivity index (χ4n) is 3.79. The van der Waals surface area contributed by atoms with Crippen molar-refractivity contribution in [1.29, 1.82) is 0 Å². The molecule has 2 fully saturated rings. The van der Waals surface area contributed by atoms with Crippen LogP contribution in [0.2, 0.25) is 0 Å². The summed E-state index contributed by atoms with van der Waals surface area (Å²) in [5.41, 5.74) is 1.79. The van der Waals surface area contributed by atoms with Gasteiger partial charge in [-0.05, 0) is 29.8 Å². The molecule has 0 aliphatic carbocycles. The second-order valence-electron chi connectivity index (χ2n) is 7.43. The molecule has 4 rings (SSSR count). The van der Waals surface area contributed by atoms with E-state index in [1.54, 1.807) is 14.2 Å². The number of methoxy groups -OCH3 is 3. The second-order valence-corrected chi connectivity index (χ2v) is 7.43. The summed E-state index contributed by atoms with van der Waals surface area (Å²) in [7, 11) is 4.72. The van der Waals surface area contributed by atoms with E-state index >= 15 is 0 Å². The van der Waals surface area contributed by atoms with Crippen molar-refractivity contribution in [1.82, 2.24) is 0 Å². The average Bonchev–Trinajstić information content (AvgIpc) is 2.83. The molecule has 2 aliphatic heterocycles. The SMILES string of the molecule is COc1ccc(CO[C@@H]2[C@@H](O)[C@@H](OC)O[C@@H]3COC(c4ccc(OC)cc4)O[C@@H]23)cc1. The van der Waals surface area contributed by atoms with E-state index in [9.17, 15) is 5.11 Å². The van der Waals surface area contributed by atoms with Crippen LogP contribution in [0.25, 0.3) is 0 Å². The molecule has 0 bridgehead atoms. The zero-order chi connectivity index (χ0) is 21.8. The zero-order valence-corrected chi connectivity index (χ0v) is 17.8. The van der Waals surface area contributed by atoms with Crippen molar-refractivity contribution in [3.05, 3.63) is 59.7 Å². The molecule has 1 N–H and O–H groups in total. The minimum Gasteiger partial charge on any atom is -0.497 e. The predicted molar refractivity (Wildman–Crippen MR) is 110 cm³/mol. The molecule has 2 aliphatic rings. The first-order valence-electron chi connectivity index (χ1n) is 10.1. The number of ether oxygens (including phenoxy) is 7. The maximum atomic E-state index is 10.8. The summed E-state index contributed by atoms with van der Waals surface area (Å²) in [5.74, 6) is 1.52. The molecule has 0 aromatic heterocycles. The van der Waals surface area contributed by atoms with Gasteiger partial charge in [0.25, 0.3) is 0 Å². The van der Waals surface area contributed by atoms with E-state index in [1.807, 2.05) is 48.5 Å². The number of benzene rings is 2. The molecule has 0 radical (unpaired) electrons. The number of hydrogen-bond acceptors (Lipinski definition) is 8. The lowest BCUT2D eigenvalue weighted by Crippen LogP contribution is -2.62. The lowest BCUT2D eigenvalue weighted by Gasteiger charge is -2.47. The first-order valence-corrected chi connectivity index (χ1v) is 10.1. The van der Waals surface area contributed by atoms with Gasteiger partial charge >= 0.3 is 0 Å². The Hall–Kier alpha value is -2.20. The third kappa shape index (κ3) is 4.85. The topological polar surface area (TPSA) is 84.8 Å². The van der Waals surface area contributed by atoms with E-state index in [0.717, 1.165) is 22.6 Å². The smallest absolute Gasteiger partial charge is 0.186 e. The fourth-order valence-corrected chi connectivity index (χ4v) is 3.79. The lowest BCUT2D eigenvalue weighted by molar-refractivity contribution is -0.363. The Morgan fingerprint density at radius 2 is 1.55 bits per heavy atom. The molecular weight excluding hydrogens is 404 g/mol. The van der Waals surface area contributed by atoms with Crippen LogP contribution >= 0.6 is 0 Å². The van der Waals surface area contributed by atoms with Crippen molar-refractivity contribution in [2.24, 2.45) is 0 Å². The van der Waals surface area contributed by atoms with Crippen molar-refractivity contribution in [3.63, 3.8) is 0 Å². The van der Waals surface area contributed by atoms with E-state index in [2.05, 4.69) is 0 Å². The molecule has 0 amide bonds. The highest BCUT2D eigenvalue weighted by atomic mass is 16.8. The second kappa shape index (κ2) is 9.95. The molecule has 2 heterocycles. The third-order valence-electron chi connectivity index (χ3n) is 5.53. The van der Waals surface area contributed by atoms with Gasteiger partial charge in [0.05, 0.1) is 27.4 Å². The van der Waals surface area contributed by atoms with E-state index in [0.29, 0.717) is 6.61 Å². The van der Waals surface area contributed by atoms with Gasteiger partial charge in [-0.2, -0.15) is 0 Å². The predicted octanol–water partition coefficient (Wildman–Crippen LogP) is 2.44. The summed E-state index contributed by atoms with van der Waals surface area (Å²) in [6.45, 7) is 0.582. The van der Waals surface area contributed by atoms with E-state index in [1.165, 1.54) is 7.11 Å². The van der Waals surface area contributed by atoms with Crippen LogP contribution in [0, 0.1) is 0 Å². The molecule has 0 spiro atoms. The van der Waals surface area contributed by atoms with Crippen LogP contribution in [-0.2, 0) is 30.3 Å². The van der Waals surface area contributed by atoms with Gasteiger partial charge in [0, 0.05) is 12.7 Å². The molecule has 8 heteroatoms. The van der Waals surface area contributed by atoms with Crippen LogP contribution in [0.15, 0.2) is 48.5 Å². The zero-order valence-electron chi connectivity index (χ0n) is 17.8. The van der Waals surface area contributed by atoms with Gasteiger partial charge in [-0.15, -0.1) is 0 Å². The number of aliphatic hydroxyl groups is 1. The van der Waals surface area contributed by atoms with Gasteiger partial charge in [-0.25, -0.2) is 0 Å². The Labute approximate surface area is 181 Å². The highest BCUT2D eigenvalue weighted by Gasteiger charge is 2.50. The summed E-state index contributed by atoms with van der Waals surface area (Å²) in [6, 6.07) is 15.0. The minimum absolute atomic E-state index is 0.288. The van der Waals surface area contributed by atoms with Crippen LogP contribution in [-0.4, -0.2) is 63.7 Å². The normalized spacial score (nSPS) is 30.5.